The molecule has 0 amide bonds. The Morgan fingerprint density at radius 3 is 2.67 bits per heavy atom. The van der Waals surface area contributed by atoms with Gasteiger partial charge in [-0.05, 0) is 26.0 Å². The van der Waals surface area contributed by atoms with Crippen molar-refractivity contribution in [3.63, 3.8) is 0 Å². The molecule has 1 heterocycles. The molecule has 50 valence electrons. The van der Waals surface area contributed by atoms with Gasteiger partial charge in [0, 0.05) is 5.70 Å². The smallest absolute Gasteiger partial charge is 0.152 e. The van der Waals surface area contributed by atoms with Gasteiger partial charge in [0.05, 0.1) is 0 Å². The zero-order valence-electron chi connectivity index (χ0n) is 5.68. The van der Waals surface area contributed by atoms with Gasteiger partial charge < -0.3 is 10.4 Å². The highest BCUT2D eigenvalue weighted by atomic mass is 16.3. The van der Waals surface area contributed by atoms with Gasteiger partial charge in [-0.2, -0.15) is 0 Å². The predicted molar refractivity (Wildman–Crippen MR) is 36.7 cm³/mol. The Hall–Kier alpha value is -0.760. The summed E-state index contributed by atoms with van der Waals surface area (Å²) in [7, 11) is 0. The van der Waals surface area contributed by atoms with Crippen molar-refractivity contribution in [1.29, 1.82) is 0 Å². The highest BCUT2D eigenvalue weighted by molar-refractivity contribution is 5.19. The Morgan fingerprint density at radius 2 is 2.33 bits per heavy atom. The Labute approximate surface area is 54.9 Å². The molecule has 1 rings (SSSR count). The summed E-state index contributed by atoms with van der Waals surface area (Å²) in [5.41, 5.74) is 0.140. The zero-order chi connectivity index (χ0) is 6.91. The first-order valence-corrected chi connectivity index (χ1v) is 2.97. The lowest BCUT2D eigenvalue weighted by atomic mass is 10.1. The van der Waals surface area contributed by atoms with Crippen LogP contribution in [0.4, 0.5) is 0 Å². The number of hydrogen-bond acceptors (Lipinski definition) is 2. The highest BCUT2D eigenvalue weighted by Crippen LogP contribution is 2.08. The van der Waals surface area contributed by atoms with Crippen LogP contribution in [-0.4, -0.2) is 10.8 Å². The van der Waals surface area contributed by atoms with Crippen LogP contribution in [0.3, 0.4) is 0 Å². The number of dihydropyridines is 1. The highest BCUT2D eigenvalue weighted by Gasteiger charge is 2.16. The van der Waals surface area contributed by atoms with E-state index in [0.29, 0.717) is 0 Å². The minimum atomic E-state index is -0.848. The predicted octanol–water partition coefficient (Wildman–Crippen LogP) is 0.758. The van der Waals surface area contributed by atoms with Gasteiger partial charge in [-0.25, -0.2) is 0 Å². The van der Waals surface area contributed by atoms with E-state index in [-0.39, 0.29) is 0 Å². The van der Waals surface area contributed by atoms with Gasteiger partial charge in [-0.1, -0.05) is 6.08 Å². The molecular weight excluding hydrogens is 114 g/mol. The first-order chi connectivity index (χ1) is 4.10. The van der Waals surface area contributed by atoms with Gasteiger partial charge in [0.25, 0.3) is 0 Å². The van der Waals surface area contributed by atoms with Crippen LogP contribution in [0.15, 0.2) is 23.9 Å². The van der Waals surface area contributed by atoms with Gasteiger partial charge in [0.1, 0.15) is 0 Å². The first kappa shape index (κ1) is 6.36. The summed E-state index contributed by atoms with van der Waals surface area (Å²) < 4.78 is 0. The third-order valence-corrected chi connectivity index (χ3v) is 1.22. The minimum Gasteiger partial charge on any atom is -0.368 e. The van der Waals surface area contributed by atoms with E-state index in [1.165, 1.54) is 0 Å². The molecule has 2 N–H and O–H groups in total. The summed E-state index contributed by atoms with van der Waals surface area (Å²) in [5.74, 6) is 0. The fourth-order valence-electron chi connectivity index (χ4n) is 0.862. The maximum atomic E-state index is 9.31. The average molecular weight is 125 g/mol. The fourth-order valence-corrected chi connectivity index (χ4v) is 0.862. The molecule has 0 saturated carbocycles. The number of allylic oxidation sites excluding steroid dienone is 3. The molecule has 0 spiro atoms. The van der Waals surface area contributed by atoms with Crippen molar-refractivity contribution in [3.05, 3.63) is 23.9 Å². The molecule has 0 aromatic carbocycles. The van der Waals surface area contributed by atoms with E-state index in [4.69, 9.17) is 0 Å². The maximum Gasteiger partial charge on any atom is 0.152 e. The van der Waals surface area contributed by atoms with Crippen LogP contribution >= 0.6 is 0 Å². The second-order valence-corrected chi connectivity index (χ2v) is 2.48. The Bertz CT molecular complexity index is 168. The molecule has 9 heavy (non-hydrogen) atoms. The molecule has 0 bridgehead atoms. The van der Waals surface area contributed by atoms with E-state index in [9.17, 15) is 5.11 Å². The molecule has 1 aliphatic rings. The van der Waals surface area contributed by atoms with Gasteiger partial charge in [0.2, 0.25) is 0 Å². The van der Waals surface area contributed by atoms with Crippen molar-refractivity contribution in [1.82, 2.24) is 5.32 Å². The molecule has 1 atom stereocenters. The molecule has 0 fully saturated rings. The quantitative estimate of drug-likeness (QED) is 0.501. The van der Waals surface area contributed by atoms with E-state index in [2.05, 4.69) is 5.32 Å². The van der Waals surface area contributed by atoms with Crippen LogP contribution in [0.1, 0.15) is 13.8 Å². The van der Waals surface area contributed by atoms with E-state index >= 15 is 0 Å². The first-order valence-electron chi connectivity index (χ1n) is 2.97. The number of nitrogens with one attached hydrogen (secondary N) is 1. The SMILES string of the molecule is CC1=CC=CC(C)(O)N1. The van der Waals surface area contributed by atoms with Crippen molar-refractivity contribution < 1.29 is 5.11 Å². The molecule has 0 aromatic heterocycles. The lowest BCUT2D eigenvalue weighted by Crippen LogP contribution is -2.40. The van der Waals surface area contributed by atoms with Crippen LogP contribution in [0.2, 0.25) is 0 Å². The Morgan fingerprint density at radius 1 is 1.67 bits per heavy atom. The van der Waals surface area contributed by atoms with Crippen molar-refractivity contribution in [2.45, 2.75) is 19.6 Å². The molecule has 0 radical (unpaired) electrons. The maximum absolute atomic E-state index is 9.31. The summed E-state index contributed by atoms with van der Waals surface area (Å²) >= 11 is 0. The number of aliphatic hydroxyl groups is 1. The molecule has 0 saturated heterocycles. The van der Waals surface area contributed by atoms with E-state index < -0.39 is 5.72 Å². The van der Waals surface area contributed by atoms with Gasteiger partial charge in [-0.3, -0.25) is 0 Å². The van der Waals surface area contributed by atoms with Gasteiger partial charge in [0.15, 0.2) is 5.72 Å². The normalized spacial score (nSPS) is 33.4. The van der Waals surface area contributed by atoms with Crippen molar-refractivity contribution in [3.8, 4) is 0 Å². The molecular formula is C7H11NO. The molecule has 0 aliphatic carbocycles. The Balaban J connectivity index is 2.73. The molecule has 2 heteroatoms. The van der Waals surface area contributed by atoms with E-state index in [1.54, 1.807) is 13.0 Å². The topological polar surface area (TPSA) is 32.3 Å². The molecule has 1 unspecified atom stereocenters. The van der Waals surface area contributed by atoms with E-state index in [1.807, 2.05) is 19.1 Å². The van der Waals surface area contributed by atoms with E-state index in [0.717, 1.165) is 5.70 Å². The fraction of sp³-hybridized carbons (Fsp3) is 0.429. The van der Waals surface area contributed by atoms with Crippen LogP contribution in [0.5, 0.6) is 0 Å². The van der Waals surface area contributed by atoms with Crippen LogP contribution in [-0.2, 0) is 0 Å². The van der Waals surface area contributed by atoms with Crippen molar-refractivity contribution >= 4 is 0 Å². The summed E-state index contributed by atoms with van der Waals surface area (Å²) in [6, 6.07) is 0. The van der Waals surface area contributed by atoms with Crippen molar-refractivity contribution in [2.24, 2.45) is 0 Å². The lowest BCUT2D eigenvalue weighted by Gasteiger charge is -2.24. The third kappa shape index (κ3) is 1.57. The van der Waals surface area contributed by atoms with Gasteiger partial charge >= 0.3 is 0 Å². The minimum absolute atomic E-state index is 0.848. The van der Waals surface area contributed by atoms with Crippen LogP contribution in [0, 0.1) is 0 Å². The largest absolute Gasteiger partial charge is 0.368 e. The lowest BCUT2D eigenvalue weighted by molar-refractivity contribution is 0.0839. The number of rotatable bonds is 0. The standard InChI is InChI=1S/C7H11NO/c1-6-4-3-5-7(2,9)8-6/h3-5,8-9H,1-2H3. The average Bonchev–Trinajstić information content (AvgIpc) is 1.60. The second kappa shape index (κ2) is 1.88. The Kier molecular flexibility index (Phi) is 1.33. The summed E-state index contributed by atoms with van der Waals surface area (Å²) in [6.07, 6.45) is 5.46. The third-order valence-electron chi connectivity index (χ3n) is 1.22. The molecule has 2 nitrogen and oxygen atoms in total. The number of hydrogen-bond donors (Lipinski definition) is 2. The van der Waals surface area contributed by atoms with Crippen LogP contribution in [0.25, 0.3) is 0 Å². The molecule has 0 aromatic rings. The zero-order valence-corrected chi connectivity index (χ0v) is 5.68. The summed E-state index contributed by atoms with van der Waals surface area (Å²) in [4.78, 5) is 0. The molecule has 1 aliphatic heterocycles. The monoisotopic (exact) mass is 125 g/mol. The second-order valence-electron chi connectivity index (χ2n) is 2.48. The van der Waals surface area contributed by atoms with Gasteiger partial charge in [-0.15, -0.1) is 0 Å². The summed E-state index contributed by atoms with van der Waals surface area (Å²) in [5, 5.41) is 12.2. The summed E-state index contributed by atoms with van der Waals surface area (Å²) in [6.45, 7) is 3.62. The van der Waals surface area contributed by atoms with Crippen molar-refractivity contribution in [2.75, 3.05) is 0 Å². The van der Waals surface area contributed by atoms with Crippen LogP contribution < -0.4 is 5.32 Å².